The van der Waals surface area contributed by atoms with Gasteiger partial charge in [0.15, 0.2) is 0 Å². The topological polar surface area (TPSA) is 56.0 Å². The van der Waals surface area contributed by atoms with Gasteiger partial charge in [0.05, 0.1) is 12.0 Å². The first-order chi connectivity index (χ1) is 6.80. The van der Waals surface area contributed by atoms with E-state index in [4.69, 9.17) is 17.3 Å². The van der Waals surface area contributed by atoms with Crippen molar-refractivity contribution in [2.24, 2.45) is 5.73 Å². The van der Waals surface area contributed by atoms with Crippen LogP contribution in [0.15, 0.2) is 12.3 Å². The number of hydrogen-bond donors (Lipinski definition) is 1. The summed E-state index contributed by atoms with van der Waals surface area (Å²) in [5.74, 6) is -0.766. The van der Waals surface area contributed by atoms with Crippen LogP contribution in [0.3, 0.4) is 0 Å². The standard InChI is InChI=1S/C8H6ClF3N2O/c9-7-4(2-6(13)15)1-5(3-14-7)8(10,11)12/h1,3H,2H2,(H2,13,15). The number of hydrogen-bond acceptors (Lipinski definition) is 2. The zero-order valence-electron chi connectivity index (χ0n) is 7.31. The van der Waals surface area contributed by atoms with Gasteiger partial charge < -0.3 is 5.73 Å². The van der Waals surface area contributed by atoms with Gasteiger partial charge in [0, 0.05) is 6.20 Å². The third-order valence-electron chi connectivity index (χ3n) is 1.60. The van der Waals surface area contributed by atoms with Crippen LogP contribution in [0.25, 0.3) is 0 Å². The Balaban J connectivity index is 3.11. The van der Waals surface area contributed by atoms with Crippen LogP contribution in [0.2, 0.25) is 5.15 Å². The predicted molar refractivity (Wildman–Crippen MR) is 47.1 cm³/mol. The maximum atomic E-state index is 12.2. The average Bonchev–Trinajstić information content (AvgIpc) is 2.06. The van der Waals surface area contributed by atoms with Crippen molar-refractivity contribution in [1.82, 2.24) is 4.98 Å². The molecule has 0 aliphatic heterocycles. The summed E-state index contributed by atoms with van der Waals surface area (Å²) in [7, 11) is 0. The summed E-state index contributed by atoms with van der Waals surface area (Å²) < 4.78 is 36.7. The minimum atomic E-state index is -4.51. The molecule has 3 nitrogen and oxygen atoms in total. The van der Waals surface area contributed by atoms with Gasteiger partial charge in [-0.2, -0.15) is 13.2 Å². The van der Waals surface area contributed by atoms with Crippen LogP contribution in [-0.4, -0.2) is 10.9 Å². The number of rotatable bonds is 2. The molecule has 0 aliphatic carbocycles. The van der Waals surface area contributed by atoms with Gasteiger partial charge in [0.2, 0.25) is 5.91 Å². The van der Waals surface area contributed by atoms with Crippen LogP contribution in [0.4, 0.5) is 13.2 Å². The number of halogens is 4. The second-order valence-corrected chi connectivity index (χ2v) is 3.17. The summed E-state index contributed by atoms with van der Waals surface area (Å²) >= 11 is 5.50. The number of nitrogens with two attached hydrogens (primary N) is 1. The predicted octanol–water partition coefficient (Wildman–Crippen LogP) is 1.78. The largest absolute Gasteiger partial charge is 0.417 e. The minimum Gasteiger partial charge on any atom is -0.369 e. The third-order valence-corrected chi connectivity index (χ3v) is 1.94. The molecule has 0 unspecified atom stereocenters. The number of carbonyl (C=O) groups excluding carboxylic acids is 1. The molecule has 7 heteroatoms. The van der Waals surface area contributed by atoms with E-state index in [9.17, 15) is 18.0 Å². The van der Waals surface area contributed by atoms with Crippen molar-refractivity contribution in [2.75, 3.05) is 0 Å². The lowest BCUT2D eigenvalue weighted by atomic mass is 10.1. The molecule has 0 spiro atoms. The zero-order chi connectivity index (χ0) is 11.6. The number of amides is 1. The fourth-order valence-electron chi connectivity index (χ4n) is 0.960. The molecule has 0 saturated heterocycles. The summed E-state index contributed by atoms with van der Waals surface area (Å²) in [6, 6.07) is 0.764. The van der Waals surface area contributed by atoms with Crippen molar-refractivity contribution in [3.8, 4) is 0 Å². The van der Waals surface area contributed by atoms with Crippen molar-refractivity contribution in [3.63, 3.8) is 0 Å². The van der Waals surface area contributed by atoms with E-state index < -0.39 is 17.6 Å². The molecule has 0 radical (unpaired) electrons. The quantitative estimate of drug-likeness (QED) is 0.799. The molecule has 1 aromatic heterocycles. The second kappa shape index (κ2) is 4.06. The maximum absolute atomic E-state index is 12.2. The number of carbonyl (C=O) groups is 1. The Morgan fingerprint density at radius 2 is 2.13 bits per heavy atom. The van der Waals surface area contributed by atoms with Gasteiger partial charge in [-0.05, 0) is 11.6 Å². The fourth-order valence-corrected chi connectivity index (χ4v) is 1.13. The highest BCUT2D eigenvalue weighted by atomic mass is 35.5. The van der Waals surface area contributed by atoms with E-state index >= 15 is 0 Å². The number of pyridine rings is 1. The molecule has 0 bridgehead atoms. The first kappa shape index (κ1) is 11.8. The lowest BCUT2D eigenvalue weighted by Gasteiger charge is -2.08. The summed E-state index contributed by atoms with van der Waals surface area (Å²) in [5, 5.41) is -0.151. The van der Waals surface area contributed by atoms with E-state index in [-0.39, 0.29) is 17.1 Å². The highest BCUT2D eigenvalue weighted by molar-refractivity contribution is 6.30. The third kappa shape index (κ3) is 3.09. The van der Waals surface area contributed by atoms with Gasteiger partial charge in [-0.3, -0.25) is 4.79 Å². The van der Waals surface area contributed by atoms with Gasteiger partial charge in [0.25, 0.3) is 0 Å². The van der Waals surface area contributed by atoms with Gasteiger partial charge in [0.1, 0.15) is 5.15 Å². The van der Waals surface area contributed by atoms with Crippen LogP contribution in [0.1, 0.15) is 11.1 Å². The second-order valence-electron chi connectivity index (χ2n) is 2.81. The smallest absolute Gasteiger partial charge is 0.369 e. The number of primary amides is 1. The van der Waals surface area contributed by atoms with E-state index in [1.54, 1.807) is 0 Å². The van der Waals surface area contributed by atoms with E-state index in [0.717, 1.165) is 6.07 Å². The highest BCUT2D eigenvalue weighted by Crippen LogP contribution is 2.30. The summed E-state index contributed by atoms with van der Waals surface area (Å²) in [5.41, 5.74) is 3.86. The van der Waals surface area contributed by atoms with Gasteiger partial charge in [-0.1, -0.05) is 11.6 Å². The molecule has 1 amide bonds. The Bertz CT molecular complexity index is 392. The van der Waals surface area contributed by atoms with E-state index in [0.29, 0.717) is 6.20 Å². The van der Waals surface area contributed by atoms with Crippen LogP contribution < -0.4 is 5.73 Å². The molecule has 0 aromatic carbocycles. The zero-order valence-corrected chi connectivity index (χ0v) is 8.06. The number of aromatic nitrogens is 1. The van der Waals surface area contributed by atoms with E-state index in [2.05, 4.69) is 4.98 Å². The highest BCUT2D eigenvalue weighted by Gasteiger charge is 2.31. The first-order valence-electron chi connectivity index (χ1n) is 3.80. The van der Waals surface area contributed by atoms with Crippen molar-refractivity contribution < 1.29 is 18.0 Å². The lowest BCUT2D eigenvalue weighted by Crippen LogP contribution is -2.15. The molecule has 0 atom stereocenters. The molecule has 82 valence electrons. The normalized spacial score (nSPS) is 11.5. The number of alkyl halides is 3. The maximum Gasteiger partial charge on any atom is 0.417 e. The van der Waals surface area contributed by atoms with Crippen LogP contribution in [0.5, 0.6) is 0 Å². The Kier molecular flexibility index (Phi) is 3.18. The summed E-state index contributed by atoms with van der Waals surface area (Å²) in [4.78, 5) is 13.9. The van der Waals surface area contributed by atoms with Crippen LogP contribution >= 0.6 is 11.6 Å². The van der Waals surface area contributed by atoms with Crippen molar-refractivity contribution in [1.29, 1.82) is 0 Å². The van der Waals surface area contributed by atoms with Crippen LogP contribution in [0, 0.1) is 0 Å². The van der Waals surface area contributed by atoms with Gasteiger partial charge in [-0.25, -0.2) is 4.98 Å². The molecule has 0 saturated carbocycles. The van der Waals surface area contributed by atoms with Gasteiger partial charge in [-0.15, -0.1) is 0 Å². The Morgan fingerprint density at radius 1 is 1.53 bits per heavy atom. The Morgan fingerprint density at radius 3 is 2.60 bits per heavy atom. The molecule has 0 fully saturated rings. The van der Waals surface area contributed by atoms with E-state index in [1.165, 1.54) is 0 Å². The SMILES string of the molecule is NC(=O)Cc1cc(C(F)(F)F)cnc1Cl. The van der Waals surface area contributed by atoms with Crippen molar-refractivity contribution >= 4 is 17.5 Å². The molecule has 1 aromatic rings. The molecule has 0 aliphatic rings. The first-order valence-corrected chi connectivity index (χ1v) is 4.18. The fraction of sp³-hybridized carbons (Fsp3) is 0.250. The minimum absolute atomic E-state index is 0.0287. The molecule has 1 heterocycles. The molecule has 1 rings (SSSR count). The molecule has 15 heavy (non-hydrogen) atoms. The van der Waals surface area contributed by atoms with Crippen LogP contribution in [-0.2, 0) is 17.4 Å². The molecular weight excluding hydrogens is 233 g/mol. The van der Waals surface area contributed by atoms with Crippen molar-refractivity contribution in [2.45, 2.75) is 12.6 Å². The van der Waals surface area contributed by atoms with E-state index in [1.807, 2.05) is 0 Å². The average molecular weight is 239 g/mol. The molecule has 2 N–H and O–H groups in total. The molecular formula is C8H6ClF3N2O. The summed E-state index contributed by atoms with van der Waals surface area (Å²) in [6.07, 6.45) is -4.27. The Hall–Kier alpha value is -1.30. The van der Waals surface area contributed by atoms with Crippen molar-refractivity contribution in [3.05, 3.63) is 28.5 Å². The summed E-state index contributed by atoms with van der Waals surface area (Å²) in [6.45, 7) is 0. The lowest BCUT2D eigenvalue weighted by molar-refractivity contribution is -0.138. The number of nitrogens with zero attached hydrogens (tertiary/aromatic N) is 1. The van der Waals surface area contributed by atoms with Gasteiger partial charge >= 0.3 is 6.18 Å². The Labute approximate surface area is 88.0 Å². The monoisotopic (exact) mass is 238 g/mol.